The van der Waals surface area contributed by atoms with E-state index in [2.05, 4.69) is 10.9 Å². The van der Waals surface area contributed by atoms with Crippen molar-refractivity contribution in [2.75, 3.05) is 7.11 Å². The summed E-state index contributed by atoms with van der Waals surface area (Å²) in [5.74, 6) is 1.80. The number of ether oxygens (including phenoxy) is 2. The smallest absolute Gasteiger partial charge is 0.359 e. The highest BCUT2D eigenvalue weighted by Crippen LogP contribution is 2.12. The minimum Gasteiger partial charge on any atom is -0.445 e. The van der Waals surface area contributed by atoms with Gasteiger partial charge in [-0.15, -0.1) is 17.8 Å². The SMILES string of the molecule is C#C[C@@H](C)OC(=O)c1csc(COC)n1. The molecule has 0 aliphatic heterocycles. The molecule has 0 spiro atoms. The van der Waals surface area contributed by atoms with E-state index < -0.39 is 12.1 Å². The summed E-state index contributed by atoms with van der Waals surface area (Å²) in [4.78, 5) is 15.5. The molecule has 0 aromatic carbocycles. The molecule has 15 heavy (non-hydrogen) atoms. The normalized spacial score (nSPS) is 11.8. The number of methoxy groups -OCH3 is 1. The second kappa shape index (κ2) is 5.49. The summed E-state index contributed by atoms with van der Waals surface area (Å²) in [6.07, 6.45) is 4.55. The van der Waals surface area contributed by atoms with E-state index in [0.717, 1.165) is 5.01 Å². The van der Waals surface area contributed by atoms with E-state index in [1.807, 2.05) is 0 Å². The molecule has 0 saturated carbocycles. The Morgan fingerprint density at radius 2 is 2.53 bits per heavy atom. The highest BCUT2D eigenvalue weighted by molar-refractivity contribution is 7.09. The molecule has 1 aromatic heterocycles. The third-order valence-corrected chi connectivity index (χ3v) is 2.37. The second-order valence-electron chi connectivity index (χ2n) is 2.77. The van der Waals surface area contributed by atoms with E-state index in [4.69, 9.17) is 15.9 Å². The molecule has 0 saturated heterocycles. The molecular formula is C10H11NO3S. The van der Waals surface area contributed by atoms with Crippen LogP contribution in [0.5, 0.6) is 0 Å². The van der Waals surface area contributed by atoms with E-state index in [1.165, 1.54) is 11.3 Å². The summed E-state index contributed by atoms with van der Waals surface area (Å²) in [5, 5.41) is 2.36. The molecule has 0 N–H and O–H groups in total. The third kappa shape index (κ3) is 3.35. The summed E-state index contributed by atoms with van der Waals surface area (Å²) in [5.41, 5.74) is 0.272. The maximum atomic E-state index is 11.4. The fourth-order valence-corrected chi connectivity index (χ4v) is 1.58. The number of thiazole rings is 1. The first-order valence-electron chi connectivity index (χ1n) is 4.27. The lowest BCUT2D eigenvalue weighted by Gasteiger charge is -2.04. The van der Waals surface area contributed by atoms with Crippen molar-refractivity contribution in [1.82, 2.24) is 4.98 Å². The Bertz CT molecular complexity index is 380. The Morgan fingerprint density at radius 3 is 3.13 bits per heavy atom. The molecule has 1 heterocycles. The molecule has 1 atom stereocenters. The molecule has 1 aromatic rings. The van der Waals surface area contributed by atoms with Gasteiger partial charge in [0.1, 0.15) is 5.01 Å². The van der Waals surface area contributed by atoms with Crippen LogP contribution in [0.15, 0.2) is 5.38 Å². The van der Waals surface area contributed by atoms with Crippen LogP contribution in [0.2, 0.25) is 0 Å². The number of aromatic nitrogens is 1. The van der Waals surface area contributed by atoms with Crippen molar-refractivity contribution in [3.05, 3.63) is 16.1 Å². The van der Waals surface area contributed by atoms with E-state index in [-0.39, 0.29) is 5.69 Å². The summed E-state index contributed by atoms with van der Waals surface area (Å²) in [6, 6.07) is 0. The van der Waals surface area contributed by atoms with Crippen molar-refractivity contribution in [1.29, 1.82) is 0 Å². The number of terminal acetylenes is 1. The number of esters is 1. The number of rotatable bonds is 4. The van der Waals surface area contributed by atoms with Crippen LogP contribution < -0.4 is 0 Å². The number of carbonyl (C=O) groups excluding carboxylic acids is 1. The number of hydrogen-bond acceptors (Lipinski definition) is 5. The lowest BCUT2D eigenvalue weighted by Crippen LogP contribution is -2.13. The van der Waals surface area contributed by atoms with Crippen molar-refractivity contribution < 1.29 is 14.3 Å². The van der Waals surface area contributed by atoms with Gasteiger partial charge < -0.3 is 9.47 Å². The predicted molar refractivity (Wildman–Crippen MR) is 56.5 cm³/mol. The van der Waals surface area contributed by atoms with E-state index in [9.17, 15) is 4.79 Å². The standard InChI is InChI=1S/C10H11NO3S/c1-4-7(2)14-10(12)8-6-15-9(11-8)5-13-3/h1,6-7H,5H2,2-3H3/t7-/m1/s1. The molecule has 5 heteroatoms. The average Bonchev–Trinajstić information content (AvgIpc) is 2.67. The van der Waals surface area contributed by atoms with Crippen LogP contribution in [0.1, 0.15) is 22.4 Å². The van der Waals surface area contributed by atoms with Crippen LogP contribution in [-0.2, 0) is 16.1 Å². The van der Waals surface area contributed by atoms with Gasteiger partial charge in [-0.05, 0) is 6.92 Å². The van der Waals surface area contributed by atoms with Crippen molar-refractivity contribution in [3.8, 4) is 12.3 Å². The molecule has 0 radical (unpaired) electrons. The molecule has 1 rings (SSSR count). The van der Waals surface area contributed by atoms with Crippen LogP contribution in [0.4, 0.5) is 0 Å². The van der Waals surface area contributed by atoms with Crippen LogP contribution in [0.25, 0.3) is 0 Å². The Balaban J connectivity index is 2.62. The lowest BCUT2D eigenvalue weighted by molar-refractivity contribution is 0.0432. The zero-order valence-corrected chi connectivity index (χ0v) is 9.34. The summed E-state index contributed by atoms with van der Waals surface area (Å²) in [6.45, 7) is 2.02. The van der Waals surface area contributed by atoms with Crippen molar-refractivity contribution in [3.63, 3.8) is 0 Å². The van der Waals surface area contributed by atoms with E-state index >= 15 is 0 Å². The molecule has 4 nitrogen and oxygen atoms in total. The minimum atomic E-state index is -0.537. The first-order valence-corrected chi connectivity index (χ1v) is 5.15. The van der Waals surface area contributed by atoms with Crippen molar-refractivity contribution in [2.24, 2.45) is 0 Å². The highest BCUT2D eigenvalue weighted by Gasteiger charge is 2.14. The molecule has 0 aliphatic carbocycles. The van der Waals surface area contributed by atoms with Gasteiger partial charge >= 0.3 is 5.97 Å². The number of nitrogens with zero attached hydrogens (tertiary/aromatic N) is 1. The summed E-state index contributed by atoms with van der Waals surface area (Å²) in [7, 11) is 1.57. The first kappa shape index (κ1) is 11.7. The first-order chi connectivity index (χ1) is 7.17. The Kier molecular flexibility index (Phi) is 4.28. The average molecular weight is 225 g/mol. The van der Waals surface area contributed by atoms with Gasteiger partial charge in [0.05, 0.1) is 6.61 Å². The van der Waals surface area contributed by atoms with Gasteiger partial charge in [-0.25, -0.2) is 9.78 Å². The molecule has 80 valence electrons. The second-order valence-corrected chi connectivity index (χ2v) is 3.72. The van der Waals surface area contributed by atoms with Crippen LogP contribution in [0, 0.1) is 12.3 Å². The van der Waals surface area contributed by atoms with Gasteiger partial charge in [0.2, 0.25) is 0 Å². The van der Waals surface area contributed by atoms with Gasteiger partial charge in [0, 0.05) is 12.5 Å². The predicted octanol–water partition coefficient (Wildman–Crippen LogP) is 1.47. The monoisotopic (exact) mass is 225 g/mol. The van der Waals surface area contributed by atoms with E-state index in [1.54, 1.807) is 19.4 Å². The molecule has 0 unspecified atom stereocenters. The molecule has 0 bridgehead atoms. The van der Waals surface area contributed by atoms with Gasteiger partial charge in [0.25, 0.3) is 0 Å². The maximum Gasteiger partial charge on any atom is 0.359 e. The fourth-order valence-electron chi connectivity index (χ4n) is 0.849. The molecule has 0 aliphatic rings. The molecular weight excluding hydrogens is 214 g/mol. The number of carbonyl (C=O) groups is 1. The minimum absolute atomic E-state index is 0.272. The largest absolute Gasteiger partial charge is 0.445 e. The topological polar surface area (TPSA) is 48.4 Å². The van der Waals surface area contributed by atoms with Crippen molar-refractivity contribution in [2.45, 2.75) is 19.6 Å². The summed E-state index contributed by atoms with van der Waals surface area (Å²) < 4.78 is 9.79. The van der Waals surface area contributed by atoms with Crippen molar-refractivity contribution >= 4 is 17.3 Å². The van der Waals surface area contributed by atoms with Gasteiger partial charge in [-0.2, -0.15) is 0 Å². The third-order valence-electron chi connectivity index (χ3n) is 1.55. The molecule has 0 amide bonds. The zero-order valence-electron chi connectivity index (χ0n) is 8.52. The Hall–Kier alpha value is -1.38. The fraction of sp³-hybridized carbons (Fsp3) is 0.400. The van der Waals surface area contributed by atoms with Crippen LogP contribution in [-0.4, -0.2) is 24.2 Å². The summed E-state index contributed by atoms with van der Waals surface area (Å²) >= 11 is 1.35. The number of hydrogen-bond donors (Lipinski definition) is 0. The lowest BCUT2D eigenvalue weighted by atomic mass is 10.4. The Labute approximate surface area is 92.2 Å². The maximum absolute atomic E-state index is 11.4. The van der Waals surface area contributed by atoms with Gasteiger partial charge in [0.15, 0.2) is 11.8 Å². The Morgan fingerprint density at radius 1 is 1.80 bits per heavy atom. The van der Waals surface area contributed by atoms with Crippen LogP contribution in [0.3, 0.4) is 0 Å². The van der Waals surface area contributed by atoms with E-state index in [0.29, 0.717) is 6.61 Å². The van der Waals surface area contributed by atoms with Crippen LogP contribution >= 0.6 is 11.3 Å². The highest BCUT2D eigenvalue weighted by atomic mass is 32.1. The molecule has 0 fully saturated rings. The van der Waals surface area contributed by atoms with Gasteiger partial charge in [-0.1, -0.05) is 5.92 Å². The quantitative estimate of drug-likeness (QED) is 0.575. The van der Waals surface area contributed by atoms with Gasteiger partial charge in [-0.3, -0.25) is 0 Å². The zero-order chi connectivity index (χ0) is 11.3.